The molecule has 1 atom stereocenters. The largest absolute Gasteiger partial charge is 0.314 e. The van der Waals surface area contributed by atoms with Crippen LogP contribution in [0.4, 0.5) is 0 Å². The summed E-state index contributed by atoms with van der Waals surface area (Å²) in [5.74, 6) is 0.804. The van der Waals surface area contributed by atoms with Crippen molar-refractivity contribution < 1.29 is 0 Å². The van der Waals surface area contributed by atoms with E-state index < -0.39 is 0 Å². The zero-order valence-electron chi connectivity index (χ0n) is 9.74. The van der Waals surface area contributed by atoms with Crippen LogP contribution < -0.4 is 5.32 Å². The van der Waals surface area contributed by atoms with Crippen molar-refractivity contribution in [3.63, 3.8) is 0 Å². The molecular formula is C13H20N2S. The van der Waals surface area contributed by atoms with Gasteiger partial charge in [0.15, 0.2) is 0 Å². The van der Waals surface area contributed by atoms with Gasteiger partial charge < -0.3 is 5.32 Å². The van der Waals surface area contributed by atoms with Crippen LogP contribution in [-0.4, -0.2) is 17.6 Å². The molecule has 0 spiro atoms. The van der Waals surface area contributed by atoms with Crippen LogP contribution >= 0.6 is 11.3 Å². The fraction of sp³-hybridized carbons (Fsp3) is 0.769. The Hall–Kier alpha value is -0.410. The first-order valence-corrected chi connectivity index (χ1v) is 7.47. The lowest BCUT2D eigenvalue weighted by atomic mass is 9.86. The molecule has 0 amide bonds. The molecule has 1 saturated heterocycles. The second-order valence-corrected chi connectivity index (χ2v) is 6.05. The number of nitrogens with zero attached hydrogens (tertiary/aromatic N) is 1. The minimum atomic E-state index is 0.685. The first-order chi connectivity index (χ1) is 7.92. The first kappa shape index (κ1) is 10.7. The molecule has 1 aromatic heterocycles. The highest BCUT2D eigenvalue weighted by Crippen LogP contribution is 2.37. The highest BCUT2D eigenvalue weighted by Gasteiger charge is 2.23. The number of hydrogen-bond acceptors (Lipinski definition) is 3. The van der Waals surface area contributed by atoms with Crippen LogP contribution in [-0.2, 0) is 6.42 Å². The summed E-state index contributed by atoms with van der Waals surface area (Å²) in [5.41, 5.74) is 1.33. The maximum absolute atomic E-state index is 4.80. The number of nitrogens with one attached hydrogen (secondary N) is 1. The predicted octanol–water partition coefficient (Wildman–Crippen LogP) is 3.10. The highest BCUT2D eigenvalue weighted by molar-refractivity contribution is 7.09. The average Bonchev–Trinajstić information content (AvgIpc) is 2.65. The van der Waals surface area contributed by atoms with Gasteiger partial charge in [0, 0.05) is 23.8 Å². The molecule has 1 N–H and O–H groups in total. The van der Waals surface area contributed by atoms with Crippen molar-refractivity contribution in [3.05, 3.63) is 16.1 Å². The summed E-state index contributed by atoms with van der Waals surface area (Å²) in [6.45, 7) is 1.20. The van der Waals surface area contributed by atoms with Crippen LogP contribution in [0.2, 0.25) is 0 Å². The Morgan fingerprint density at radius 1 is 1.25 bits per heavy atom. The third-order valence-electron chi connectivity index (χ3n) is 3.89. The molecule has 88 valence electrons. The minimum absolute atomic E-state index is 0.685. The minimum Gasteiger partial charge on any atom is -0.314 e. The number of aromatic nitrogens is 1. The molecule has 2 aliphatic rings. The third-order valence-corrected chi connectivity index (χ3v) is 4.95. The zero-order valence-corrected chi connectivity index (χ0v) is 10.6. The summed E-state index contributed by atoms with van der Waals surface area (Å²) in [6.07, 6.45) is 9.35. The summed E-state index contributed by atoms with van der Waals surface area (Å²) in [6, 6.07) is 0.685. The van der Waals surface area contributed by atoms with Crippen molar-refractivity contribution in [2.45, 2.75) is 56.9 Å². The summed E-state index contributed by atoms with van der Waals surface area (Å²) >= 11 is 1.88. The molecule has 2 fully saturated rings. The number of rotatable bonds is 3. The van der Waals surface area contributed by atoms with E-state index in [4.69, 9.17) is 4.98 Å². The lowest BCUT2D eigenvalue weighted by Gasteiger charge is -2.23. The Morgan fingerprint density at radius 3 is 2.88 bits per heavy atom. The van der Waals surface area contributed by atoms with Gasteiger partial charge in [-0.1, -0.05) is 12.8 Å². The Balaban J connectivity index is 1.58. The Labute approximate surface area is 101 Å². The van der Waals surface area contributed by atoms with E-state index in [2.05, 4.69) is 10.7 Å². The molecule has 1 saturated carbocycles. The van der Waals surface area contributed by atoms with E-state index in [1.165, 1.54) is 55.8 Å². The molecule has 3 rings (SSSR count). The summed E-state index contributed by atoms with van der Waals surface area (Å²) in [4.78, 5) is 4.80. The summed E-state index contributed by atoms with van der Waals surface area (Å²) in [5, 5.41) is 7.28. The van der Waals surface area contributed by atoms with Gasteiger partial charge in [0.25, 0.3) is 0 Å². The quantitative estimate of drug-likeness (QED) is 0.872. The van der Waals surface area contributed by atoms with E-state index >= 15 is 0 Å². The van der Waals surface area contributed by atoms with Crippen LogP contribution in [0.15, 0.2) is 5.38 Å². The van der Waals surface area contributed by atoms with E-state index in [0.29, 0.717) is 6.04 Å². The van der Waals surface area contributed by atoms with Gasteiger partial charge in [-0.3, -0.25) is 0 Å². The summed E-state index contributed by atoms with van der Waals surface area (Å²) < 4.78 is 0. The molecule has 0 bridgehead atoms. The number of piperidine rings is 1. The fourth-order valence-electron chi connectivity index (χ4n) is 2.61. The molecule has 1 aliphatic carbocycles. The van der Waals surface area contributed by atoms with Crippen molar-refractivity contribution in [1.82, 2.24) is 10.3 Å². The van der Waals surface area contributed by atoms with Crippen LogP contribution in [0.3, 0.4) is 0 Å². The molecule has 3 heteroatoms. The van der Waals surface area contributed by atoms with E-state index in [9.17, 15) is 0 Å². The molecule has 1 unspecified atom stereocenters. The van der Waals surface area contributed by atoms with Gasteiger partial charge in [-0.05, 0) is 32.2 Å². The number of thiazole rings is 1. The normalized spacial score (nSPS) is 26.6. The van der Waals surface area contributed by atoms with Crippen molar-refractivity contribution in [2.24, 2.45) is 0 Å². The highest BCUT2D eigenvalue weighted by atomic mass is 32.1. The second-order valence-electron chi connectivity index (χ2n) is 5.16. The van der Waals surface area contributed by atoms with Gasteiger partial charge in [-0.15, -0.1) is 11.3 Å². The molecule has 16 heavy (non-hydrogen) atoms. The lowest BCUT2D eigenvalue weighted by Crippen LogP contribution is -2.35. The second kappa shape index (κ2) is 4.84. The van der Waals surface area contributed by atoms with Gasteiger partial charge in [-0.25, -0.2) is 4.98 Å². The smallest absolute Gasteiger partial charge is 0.0959 e. The maximum atomic E-state index is 4.80. The SMILES string of the molecule is c1sc(C2CCC2)nc1CC1CCCCN1. The molecular weight excluding hydrogens is 216 g/mol. The van der Waals surface area contributed by atoms with E-state index in [1.54, 1.807) is 0 Å². The van der Waals surface area contributed by atoms with Crippen LogP contribution in [0.25, 0.3) is 0 Å². The van der Waals surface area contributed by atoms with Crippen molar-refractivity contribution in [1.29, 1.82) is 0 Å². The lowest BCUT2D eigenvalue weighted by molar-refractivity contribution is 0.395. The van der Waals surface area contributed by atoms with E-state index in [1.807, 2.05) is 11.3 Å². The molecule has 0 aromatic carbocycles. The standard InChI is InChI=1S/C13H20N2S/c1-2-7-14-11(6-1)8-12-9-16-13(15-12)10-4-3-5-10/h9-11,14H,1-8H2. The maximum Gasteiger partial charge on any atom is 0.0959 e. The molecule has 2 nitrogen and oxygen atoms in total. The van der Waals surface area contributed by atoms with Crippen LogP contribution in [0, 0.1) is 0 Å². The van der Waals surface area contributed by atoms with Crippen LogP contribution in [0.5, 0.6) is 0 Å². The van der Waals surface area contributed by atoms with Gasteiger partial charge in [-0.2, -0.15) is 0 Å². The number of hydrogen-bond donors (Lipinski definition) is 1. The van der Waals surface area contributed by atoms with Crippen LogP contribution in [0.1, 0.15) is 55.1 Å². The molecule has 2 heterocycles. The Bertz CT molecular complexity index is 337. The topological polar surface area (TPSA) is 24.9 Å². The molecule has 0 radical (unpaired) electrons. The zero-order chi connectivity index (χ0) is 10.8. The van der Waals surface area contributed by atoms with Gasteiger partial charge >= 0.3 is 0 Å². The van der Waals surface area contributed by atoms with Gasteiger partial charge in [0.05, 0.1) is 10.7 Å². The van der Waals surface area contributed by atoms with Gasteiger partial charge in [0.1, 0.15) is 0 Å². The van der Waals surface area contributed by atoms with E-state index in [-0.39, 0.29) is 0 Å². The fourth-order valence-corrected chi connectivity index (χ4v) is 3.61. The monoisotopic (exact) mass is 236 g/mol. The van der Waals surface area contributed by atoms with E-state index in [0.717, 1.165) is 12.3 Å². The molecule has 1 aromatic rings. The van der Waals surface area contributed by atoms with Gasteiger partial charge in [0.2, 0.25) is 0 Å². The van der Waals surface area contributed by atoms with Crippen molar-refractivity contribution in [2.75, 3.05) is 6.54 Å². The average molecular weight is 236 g/mol. The first-order valence-electron chi connectivity index (χ1n) is 6.59. The Morgan fingerprint density at radius 2 is 2.19 bits per heavy atom. The molecule has 1 aliphatic heterocycles. The van der Waals surface area contributed by atoms with Crippen molar-refractivity contribution >= 4 is 11.3 Å². The summed E-state index contributed by atoms with van der Waals surface area (Å²) in [7, 11) is 0. The third kappa shape index (κ3) is 2.30. The predicted molar refractivity (Wildman–Crippen MR) is 68.1 cm³/mol. The Kier molecular flexibility index (Phi) is 3.25. The van der Waals surface area contributed by atoms with Crippen molar-refractivity contribution in [3.8, 4) is 0 Å².